The van der Waals surface area contributed by atoms with Crippen molar-refractivity contribution in [1.29, 1.82) is 0 Å². The number of imidazole rings is 1. The third kappa shape index (κ3) is 4.43. The van der Waals surface area contributed by atoms with Gasteiger partial charge >= 0.3 is 0 Å². The first kappa shape index (κ1) is 19.5. The fourth-order valence-electron chi connectivity index (χ4n) is 3.74. The Morgan fingerprint density at radius 1 is 1.07 bits per heavy atom. The summed E-state index contributed by atoms with van der Waals surface area (Å²) in [6.07, 6.45) is 3.82. The predicted octanol–water partition coefficient (Wildman–Crippen LogP) is 4.07. The van der Waals surface area contributed by atoms with E-state index in [4.69, 9.17) is 9.72 Å². The Bertz CT molecular complexity index is 944. The lowest BCUT2D eigenvalue weighted by atomic mass is 10.1. The molecule has 3 heterocycles. The van der Waals surface area contributed by atoms with E-state index >= 15 is 0 Å². The van der Waals surface area contributed by atoms with Crippen LogP contribution in [0, 0.1) is 0 Å². The number of piperazine rings is 1. The molecule has 152 valence electrons. The molecule has 1 aromatic carbocycles. The maximum absolute atomic E-state index is 5.61. The minimum Gasteiger partial charge on any atom is -0.494 e. The number of H-pyrrole nitrogens is 1. The Morgan fingerprint density at radius 2 is 1.90 bits per heavy atom. The lowest BCUT2D eigenvalue weighted by Crippen LogP contribution is -2.49. The predicted molar refractivity (Wildman–Crippen MR) is 117 cm³/mol. The van der Waals surface area contributed by atoms with Crippen LogP contribution in [-0.2, 0) is 0 Å². The number of pyridine rings is 1. The molecule has 1 fully saturated rings. The first-order valence-corrected chi connectivity index (χ1v) is 10.4. The standard InChI is InChI=1S/C23H29N5O/c1-4-29-20-7-5-6-18(14-20)21-16-25-23(26-21)19-8-9-24-22(15-19)28-12-10-27(11-13-28)17(2)3/h5-9,14-17H,4,10-13H2,1-3H3,(H,25,26). The maximum atomic E-state index is 5.61. The highest BCUT2D eigenvalue weighted by Gasteiger charge is 2.20. The van der Waals surface area contributed by atoms with Crippen LogP contribution in [0.25, 0.3) is 22.6 Å². The molecular weight excluding hydrogens is 362 g/mol. The molecule has 0 atom stereocenters. The summed E-state index contributed by atoms with van der Waals surface area (Å²) in [4.78, 5) is 17.6. The van der Waals surface area contributed by atoms with Crippen molar-refractivity contribution >= 4 is 5.82 Å². The van der Waals surface area contributed by atoms with Gasteiger partial charge in [0.15, 0.2) is 0 Å². The van der Waals surface area contributed by atoms with Gasteiger partial charge < -0.3 is 14.6 Å². The van der Waals surface area contributed by atoms with Crippen molar-refractivity contribution in [2.45, 2.75) is 26.8 Å². The van der Waals surface area contributed by atoms with Crippen molar-refractivity contribution < 1.29 is 4.74 Å². The first-order valence-electron chi connectivity index (χ1n) is 10.4. The number of benzene rings is 1. The molecule has 0 aliphatic carbocycles. The average molecular weight is 392 g/mol. The van der Waals surface area contributed by atoms with Gasteiger partial charge in [0.25, 0.3) is 0 Å². The summed E-state index contributed by atoms with van der Waals surface area (Å²) in [5.41, 5.74) is 3.00. The number of hydrogen-bond donors (Lipinski definition) is 1. The zero-order chi connectivity index (χ0) is 20.2. The minimum absolute atomic E-state index is 0.596. The highest BCUT2D eigenvalue weighted by Crippen LogP contribution is 2.27. The second kappa shape index (κ2) is 8.66. The molecule has 6 nitrogen and oxygen atoms in total. The molecule has 6 heteroatoms. The van der Waals surface area contributed by atoms with Gasteiger partial charge in [0.1, 0.15) is 17.4 Å². The fraction of sp³-hybridized carbons (Fsp3) is 0.391. The average Bonchev–Trinajstić information content (AvgIpc) is 3.25. The van der Waals surface area contributed by atoms with Crippen LogP contribution in [0.1, 0.15) is 20.8 Å². The fourth-order valence-corrected chi connectivity index (χ4v) is 3.74. The molecule has 0 unspecified atom stereocenters. The van der Waals surface area contributed by atoms with Crippen LogP contribution in [0.15, 0.2) is 48.8 Å². The lowest BCUT2D eigenvalue weighted by molar-refractivity contribution is 0.209. The van der Waals surface area contributed by atoms with Gasteiger partial charge in [-0.2, -0.15) is 0 Å². The van der Waals surface area contributed by atoms with E-state index in [1.54, 1.807) is 0 Å². The van der Waals surface area contributed by atoms with Crippen molar-refractivity contribution in [2.24, 2.45) is 0 Å². The normalized spacial score (nSPS) is 15.1. The van der Waals surface area contributed by atoms with Gasteiger partial charge in [-0.25, -0.2) is 9.97 Å². The summed E-state index contributed by atoms with van der Waals surface area (Å²) < 4.78 is 5.61. The van der Waals surface area contributed by atoms with Gasteiger partial charge in [-0.15, -0.1) is 0 Å². The zero-order valence-electron chi connectivity index (χ0n) is 17.4. The Labute approximate surface area is 172 Å². The topological polar surface area (TPSA) is 57.3 Å². The summed E-state index contributed by atoms with van der Waals surface area (Å²) in [6.45, 7) is 11.3. The SMILES string of the molecule is CCOc1cccc(-c2c[nH]c(-c3ccnc(N4CCN(C(C)C)CC4)c3)n2)c1. The molecule has 0 saturated carbocycles. The number of aromatic nitrogens is 3. The van der Waals surface area contributed by atoms with E-state index < -0.39 is 0 Å². The Morgan fingerprint density at radius 3 is 2.66 bits per heavy atom. The molecule has 0 radical (unpaired) electrons. The number of ether oxygens (including phenoxy) is 1. The molecule has 1 aliphatic rings. The molecule has 1 aliphatic heterocycles. The molecule has 3 aromatic rings. The van der Waals surface area contributed by atoms with E-state index in [-0.39, 0.29) is 0 Å². The van der Waals surface area contributed by atoms with Crippen molar-refractivity contribution in [3.8, 4) is 28.4 Å². The Balaban J connectivity index is 1.52. The van der Waals surface area contributed by atoms with Crippen LogP contribution < -0.4 is 9.64 Å². The van der Waals surface area contributed by atoms with E-state index in [0.29, 0.717) is 12.6 Å². The number of anilines is 1. The van der Waals surface area contributed by atoms with Gasteiger partial charge in [0, 0.05) is 55.7 Å². The minimum atomic E-state index is 0.596. The zero-order valence-corrected chi connectivity index (χ0v) is 17.4. The van der Waals surface area contributed by atoms with Gasteiger partial charge in [0.2, 0.25) is 0 Å². The van der Waals surface area contributed by atoms with Gasteiger partial charge in [-0.05, 0) is 45.0 Å². The summed E-state index contributed by atoms with van der Waals surface area (Å²) in [5.74, 6) is 2.73. The van der Waals surface area contributed by atoms with Gasteiger partial charge in [-0.1, -0.05) is 12.1 Å². The first-order chi connectivity index (χ1) is 14.1. The largest absolute Gasteiger partial charge is 0.494 e. The molecule has 4 rings (SSSR count). The number of nitrogens with one attached hydrogen (secondary N) is 1. The lowest BCUT2D eigenvalue weighted by Gasteiger charge is -2.37. The molecule has 1 N–H and O–H groups in total. The van der Waals surface area contributed by atoms with Crippen LogP contribution in [0.3, 0.4) is 0 Å². The highest BCUT2D eigenvalue weighted by molar-refractivity contribution is 5.67. The monoisotopic (exact) mass is 391 g/mol. The molecule has 29 heavy (non-hydrogen) atoms. The van der Waals surface area contributed by atoms with E-state index in [9.17, 15) is 0 Å². The van der Waals surface area contributed by atoms with Crippen molar-refractivity contribution in [3.63, 3.8) is 0 Å². The molecule has 0 spiro atoms. The number of nitrogens with zero attached hydrogens (tertiary/aromatic N) is 4. The third-order valence-electron chi connectivity index (χ3n) is 5.41. The second-order valence-corrected chi connectivity index (χ2v) is 7.61. The summed E-state index contributed by atoms with van der Waals surface area (Å²) in [5, 5.41) is 0. The molecule has 1 saturated heterocycles. The smallest absolute Gasteiger partial charge is 0.138 e. The van der Waals surface area contributed by atoms with Crippen LogP contribution in [-0.4, -0.2) is 58.7 Å². The second-order valence-electron chi connectivity index (χ2n) is 7.61. The van der Waals surface area contributed by atoms with Crippen LogP contribution in [0.4, 0.5) is 5.82 Å². The van der Waals surface area contributed by atoms with Crippen LogP contribution in [0.5, 0.6) is 5.75 Å². The Kier molecular flexibility index (Phi) is 5.81. The van der Waals surface area contributed by atoms with E-state index in [2.05, 4.69) is 45.7 Å². The molecular formula is C23H29N5O. The summed E-state index contributed by atoms with van der Waals surface area (Å²) in [7, 11) is 0. The van der Waals surface area contributed by atoms with Gasteiger partial charge in [0.05, 0.1) is 12.3 Å². The van der Waals surface area contributed by atoms with Crippen molar-refractivity contribution in [2.75, 3.05) is 37.7 Å². The van der Waals surface area contributed by atoms with E-state index in [0.717, 1.165) is 60.4 Å². The van der Waals surface area contributed by atoms with Gasteiger partial charge in [-0.3, -0.25) is 4.90 Å². The third-order valence-corrected chi connectivity index (χ3v) is 5.41. The quantitative estimate of drug-likeness (QED) is 0.686. The number of hydrogen-bond acceptors (Lipinski definition) is 5. The van der Waals surface area contributed by atoms with E-state index in [1.807, 2.05) is 43.6 Å². The molecule has 0 bridgehead atoms. The molecule has 0 amide bonds. The van der Waals surface area contributed by atoms with E-state index in [1.165, 1.54) is 0 Å². The summed E-state index contributed by atoms with van der Waals surface area (Å²) in [6, 6.07) is 12.8. The van der Waals surface area contributed by atoms with Crippen LogP contribution in [0.2, 0.25) is 0 Å². The highest BCUT2D eigenvalue weighted by atomic mass is 16.5. The summed E-state index contributed by atoms with van der Waals surface area (Å²) >= 11 is 0. The molecule has 2 aromatic heterocycles. The maximum Gasteiger partial charge on any atom is 0.138 e. The van der Waals surface area contributed by atoms with Crippen molar-refractivity contribution in [1.82, 2.24) is 19.9 Å². The Hall–Kier alpha value is -2.86. The number of rotatable bonds is 6. The van der Waals surface area contributed by atoms with Crippen LogP contribution >= 0.6 is 0 Å². The van der Waals surface area contributed by atoms with Crippen molar-refractivity contribution in [3.05, 3.63) is 48.8 Å². The number of aromatic amines is 1.